The van der Waals surface area contributed by atoms with Gasteiger partial charge in [0.15, 0.2) is 0 Å². The molecule has 0 saturated heterocycles. The molecule has 1 aromatic carbocycles. The van der Waals surface area contributed by atoms with Gasteiger partial charge in [0.2, 0.25) is 11.8 Å². The van der Waals surface area contributed by atoms with Crippen LogP contribution in [0.25, 0.3) is 0 Å². The minimum Gasteiger partial charge on any atom is -0.461 e. The summed E-state index contributed by atoms with van der Waals surface area (Å²) in [5.41, 5.74) is 1.06. The Labute approximate surface area is 208 Å². The molecule has 1 rings (SSSR count). The first-order chi connectivity index (χ1) is 16.9. The van der Waals surface area contributed by atoms with Gasteiger partial charge in [0, 0.05) is 13.0 Å². The van der Waals surface area contributed by atoms with Crippen LogP contribution in [-0.4, -0.2) is 61.9 Å². The molecule has 2 amide bonds. The van der Waals surface area contributed by atoms with E-state index >= 15 is 0 Å². The van der Waals surface area contributed by atoms with Gasteiger partial charge in [-0.05, 0) is 38.2 Å². The summed E-state index contributed by atoms with van der Waals surface area (Å²) in [6, 6.07) is 9.77. The molecule has 194 valence electrons. The Kier molecular flexibility index (Phi) is 15.8. The molecule has 3 atom stereocenters. The SMILES string of the molecule is C=CCC[C@H](Cc1ccccc1)C(=O)O[C@@H](C)CNC(=O)[C@@H](CC=C)CC(=O)NCCOCCO. The predicted molar refractivity (Wildman–Crippen MR) is 135 cm³/mol. The molecule has 0 spiro atoms. The molecule has 0 aromatic heterocycles. The van der Waals surface area contributed by atoms with Gasteiger partial charge in [-0.15, -0.1) is 13.2 Å². The maximum atomic E-state index is 12.8. The summed E-state index contributed by atoms with van der Waals surface area (Å²) in [7, 11) is 0. The van der Waals surface area contributed by atoms with E-state index in [9.17, 15) is 14.4 Å². The van der Waals surface area contributed by atoms with E-state index in [1.807, 2.05) is 30.3 Å². The number of nitrogens with one attached hydrogen (secondary N) is 2. The summed E-state index contributed by atoms with van der Waals surface area (Å²) in [6.45, 7) is 9.99. The largest absolute Gasteiger partial charge is 0.461 e. The Morgan fingerprint density at radius 1 is 1.06 bits per heavy atom. The van der Waals surface area contributed by atoms with Gasteiger partial charge >= 0.3 is 5.97 Å². The van der Waals surface area contributed by atoms with Crippen LogP contribution in [0.4, 0.5) is 0 Å². The number of hydrogen-bond donors (Lipinski definition) is 3. The van der Waals surface area contributed by atoms with E-state index in [0.717, 1.165) is 5.56 Å². The lowest BCUT2D eigenvalue weighted by Gasteiger charge is -2.21. The van der Waals surface area contributed by atoms with Gasteiger partial charge in [0.25, 0.3) is 0 Å². The number of allylic oxidation sites excluding steroid dienone is 2. The highest BCUT2D eigenvalue weighted by atomic mass is 16.5. The number of ether oxygens (including phenoxy) is 2. The summed E-state index contributed by atoms with van der Waals surface area (Å²) in [5, 5.41) is 14.1. The minimum atomic E-state index is -0.577. The first kappa shape index (κ1) is 30.1. The highest BCUT2D eigenvalue weighted by Crippen LogP contribution is 2.17. The average Bonchev–Trinajstić information content (AvgIpc) is 2.85. The van der Waals surface area contributed by atoms with Gasteiger partial charge in [-0.1, -0.05) is 42.5 Å². The van der Waals surface area contributed by atoms with E-state index in [0.29, 0.717) is 32.2 Å². The summed E-state index contributed by atoms with van der Waals surface area (Å²) in [6.07, 6.45) is 5.13. The summed E-state index contributed by atoms with van der Waals surface area (Å²) >= 11 is 0. The highest BCUT2D eigenvalue weighted by molar-refractivity contribution is 5.86. The van der Waals surface area contributed by atoms with Crippen molar-refractivity contribution in [3.63, 3.8) is 0 Å². The molecule has 3 N–H and O–H groups in total. The Morgan fingerprint density at radius 2 is 1.80 bits per heavy atom. The summed E-state index contributed by atoms with van der Waals surface area (Å²) in [5.74, 6) is -1.75. The maximum Gasteiger partial charge on any atom is 0.309 e. The first-order valence-electron chi connectivity index (χ1n) is 12.1. The van der Waals surface area contributed by atoms with E-state index < -0.39 is 12.0 Å². The standard InChI is InChI=1S/C27H40N2O6/c1-4-6-13-24(18-22-11-8-7-9-12-22)27(33)35-21(3)20-29-26(32)23(10-5-2)19-25(31)28-14-16-34-17-15-30/h4-5,7-9,11-12,21,23-24,30H,1-2,6,10,13-20H2,3H3,(H,28,31)(H,29,32)/t21-,23-,24+/m0/s1. The van der Waals surface area contributed by atoms with Crippen molar-refractivity contribution in [1.29, 1.82) is 0 Å². The molecule has 0 aliphatic carbocycles. The van der Waals surface area contributed by atoms with Crippen LogP contribution in [0.5, 0.6) is 0 Å². The number of carbonyl (C=O) groups excluding carboxylic acids is 3. The molecule has 0 aliphatic heterocycles. The molecule has 0 saturated carbocycles. The zero-order valence-electron chi connectivity index (χ0n) is 20.7. The average molecular weight is 489 g/mol. The van der Waals surface area contributed by atoms with Crippen molar-refractivity contribution < 1.29 is 29.0 Å². The lowest BCUT2D eigenvalue weighted by molar-refractivity contribution is -0.153. The number of aliphatic hydroxyl groups is 1. The van der Waals surface area contributed by atoms with Crippen LogP contribution in [0.15, 0.2) is 55.6 Å². The molecule has 8 nitrogen and oxygen atoms in total. The molecule has 0 heterocycles. The van der Waals surface area contributed by atoms with Gasteiger partial charge < -0.3 is 25.2 Å². The topological polar surface area (TPSA) is 114 Å². The molecule has 8 heteroatoms. The molecular weight excluding hydrogens is 448 g/mol. The number of rotatable bonds is 19. The Hall–Kier alpha value is -2.97. The zero-order chi connectivity index (χ0) is 25.9. The quantitative estimate of drug-likeness (QED) is 0.157. The third kappa shape index (κ3) is 13.5. The third-order valence-corrected chi connectivity index (χ3v) is 5.32. The molecule has 35 heavy (non-hydrogen) atoms. The smallest absolute Gasteiger partial charge is 0.309 e. The van der Waals surface area contributed by atoms with Crippen molar-refractivity contribution in [3.05, 3.63) is 61.2 Å². The molecule has 0 bridgehead atoms. The van der Waals surface area contributed by atoms with Crippen molar-refractivity contribution in [3.8, 4) is 0 Å². The van der Waals surface area contributed by atoms with Crippen LogP contribution < -0.4 is 10.6 Å². The Bertz CT molecular complexity index is 783. The van der Waals surface area contributed by atoms with Gasteiger partial charge in [0.1, 0.15) is 6.10 Å². The second-order valence-electron chi connectivity index (χ2n) is 8.36. The van der Waals surface area contributed by atoms with Gasteiger partial charge in [0.05, 0.1) is 38.2 Å². The normalized spacial score (nSPS) is 13.2. The van der Waals surface area contributed by atoms with Crippen LogP contribution >= 0.6 is 0 Å². The molecule has 0 fully saturated rings. The van der Waals surface area contributed by atoms with Gasteiger partial charge in [-0.3, -0.25) is 14.4 Å². The number of aliphatic hydroxyl groups excluding tert-OH is 1. The van der Waals surface area contributed by atoms with Crippen LogP contribution in [0.2, 0.25) is 0 Å². The number of amides is 2. The first-order valence-corrected chi connectivity index (χ1v) is 12.1. The predicted octanol–water partition coefficient (Wildman–Crippen LogP) is 2.57. The van der Waals surface area contributed by atoms with Crippen molar-refractivity contribution in [1.82, 2.24) is 10.6 Å². The van der Waals surface area contributed by atoms with Crippen molar-refractivity contribution in [2.24, 2.45) is 11.8 Å². The van der Waals surface area contributed by atoms with E-state index in [2.05, 4.69) is 23.8 Å². The molecule has 0 radical (unpaired) electrons. The number of esters is 1. The molecule has 0 aliphatic rings. The summed E-state index contributed by atoms with van der Waals surface area (Å²) < 4.78 is 10.7. The molecule has 1 aromatic rings. The van der Waals surface area contributed by atoms with Crippen LogP contribution in [0.1, 0.15) is 38.2 Å². The second-order valence-corrected chi connectivity index (χ2v) is 8.36. The van der Waals surface area contributed by atoms with Crippen LogP contribution in [-0.2, 0) is 30.3 Å². The fourth-order valence-corrected chi connectivity index (χ4v) is 3.46. The van der Waals surface area contributed by atoms with E-state index in [-0.39, 0.29) is 56.5 Å². The fraction of sp³-hybridized carbons (Fsp3) is 0.519. The van der Waals surface area contributed by atoms with Gasteiger partial charge in [-0.25, -0.2) is 0 Å². The number of benzene rings is 1. The van der Waals surface area contributed by atoms with Crippen molar-refractivity contribution >= 4 is 17.8 Å². The highest BCUT2D eigenvalue weighted by Gasteiger charge is 2.24. The summed E-state index contributed by atoms with van der Waals surface area (Å²) in [4.78, 5) is 37.6. The van der Waals surface area contributed by atoms with E-state index in [1.54, 1.807) is 19.1 Å². The minimum absolute atomic E-state index is 0.00667. The van der Waals surface area contributed by atoms with Crippen LogP contribution in [0, 0.1) is 11.8 Å². The van der Waals surface area contributed by atoms with E-state index in [4.69, 9.17) is 14.6 Å². The second kappa shape index (κ2) is 18.4. The van der Waals surface area contributed by atoms with Crippen LogP contribution in [0.3, 0.4) is 0 Å². The Morgan fingerprint density at radius 3 is 2.46 bits per heavy atom. The monoisotopic (exact) mass is 488 g/mol. The number of hydrogen-bond acceptors (Lipinski definition) is 6. The third-order valence-electron chi connectivity index (χ3n) is 5.32. The Balaban J connectivity index is 2.52. The maximum absolute atomic E-state index is 12.8. The number of carbonyl (C=O) groups is 3. The lowest BCUT2D eigenvalue weighted by Crippen LogP contribution is -2.39. The molecule has 0 unspecified atom stereocenters. The lowest BCUT2D eigenvalue weighted by atomic mass is 9.95. The zero-order valence-corrected chi connectivity index (χ0v) is 20.7. The fourth-order valence-electron chi connectivity index (χ4n) is 3.46. The van der Waals surface area contributed by atoms with Gasteiger partial charge in [-0.2, -0.15) is 0 Å². The van der Waals surface area contributed by atoms with E-state index in [1.165, 1.54) is 0 Å². The van der Waals surface area contributed by atoms with Crippen molar-refractivity contribution in [2.45, 2.75) is 45.1 Å². The molecular formula is C27H40N2O6. The van der Waals surface area contributed by atoms with Crippen molar-refractivity contribution in [2.75, 3.05) is 32.9 Å².